The molecule has 0 saturated carbocycles. The minimum atomic E-state index is 0. The molecule has 2 saturated heterocycles. The number of hydrogen-bond acceptors (Lipinski definition) is 5. The number of aromatic nitrogens is 3. The number of ether oxygens (including phenoxy) is 1. The number of guanidine groups is 1. The molecule has 0 spiro atoms. The van der Waals surface area contributed by atoms with Crippen molar-refractivity contribution in [3.8, 4) is 0 Å². The third-order valence-corrected chi connectivity index (χ3v) is 5.72. The van der Waals surface area contributed by atoms with Crippen molar-refractivity contribution in [3.63, 3.8) is 0 Å². The number of nitrogens with zero attached hydrogens (tertiary/aromatic N) is 5. The molecule has 3 heterocycles. The van der Waals surface area contributed by atoms with Gasteiger partial charge >= 0.3 is 0 Å². The van der Waals surface area contributed by atoms with E-state index in [9.17, 15) is 0 Å². The van der Waals surface area contributed by atoms with E-state index >= 15 is 0 Å². The standard InChI is InChI=1S/C20H37N7O.HI/c1-17-24-25-19(26(17)2)16-23-20(22-15-18-9-7-14-28-18)21-10-8-13-27-11-5-3-4-6-12-27;/h18H,3-16H2,1-2H3,(H2,21,22,23);1H. The summed E-state index contributed by atoms with van der Waals surface area (Å²) >= 11 is 0. The molecule has 166 valence electrons. The quantitative estimate of drug-likeness (QED) is 0.238. The maximum atomic E-state index is 5.73. The van der Waals surface area contributed by atoms with E-state index in [1.807, 2.05) is 18.5 Å². The highest BCUT2D eigenvalue weighted by Gasteiger charge is 2.16. The first-order chi connectivity index (χ1) is 13.7. The Morgan fingerprint density at radius 3 is 2.59 bits per heavy atom. The fourth-order valence-corrected chi connectivity index (χ4v) is 3.80. The Morgan fingerprint density at radius 1 is 1.14 bits per heavy atom. The fraction of sp³-hybridized carbons (Fsp3) is 0.850. The fourth-order valence-electron chi connectivity index (χ4n) is 3.80. The zero-order chi connectivity index (χ0) is 19.6. The first kappa shape index (κ1) is 24.3. The number of nitrogens with one attached hydrogen (secondary N) is 2. The molecule has 0 radical (unpaired) electrons. The Morgan fingerprint density at radius 2 is 1.93 bits per heavy atom. The average molecular weight is 519 g/mol. The van der Waals surface area contributed by atoms with Crippen LogP contribution in [-0.2, 0) is 18.3 Å². The molecule has 1 atom stereocenters. The molecule has 29 heavy (non-hydrogen) atoms. The van der Waals surface area contributed by atoms with E-state index in [2.05, 4.69) is 25.7 Å². The summed E-state index contributed by atoms with van der Waals surface area (Å²) in [4.78, 5) is 7.34. The Balaban J connectivity index is 0.00000300. The van der Waals surface area contributed by atoms with Crippen LogP contribution in [-0.4, -0.2) is 71.1 Å². The van der Waals surface area contributed by atoms with E-state index in [1.165, 1.54) is 38.8 Å². The van der Waals surface area contributed by atoms with Gasteiger partial charge in [-0.05, 0) is 58.7 Å². The molecule has 8 nitrogen and oxygen atoms in total. The zero-order valence-corrected chi connectivity index (χ0v) is 20.4. The van der Waals surface area contributed by atoms with Crippen molar-refractivity contribution in [3.05, 3.63) is 11.6 Å². The van der Waals surface area contributed by atoms with Gasteiger partial charge in [-0.3, -0.25) is 0 Å². The van der Waals surface area contributed by atoms with E-state index in [4.69, 9.17) is 9.73 Å². The SMILES string of the molecule is Cc1nnc(CN=C(NCCCN2CCCCCC2)NCC2CCCO2)n1C.I. The lowest BCUT2D eigenvalue weighted by atomic mass is 10.2. The second kappa shape index (κ2) is 13.4. The van der Waals surface area contributed by atoms with Crippen molar-refractivity contribution in [2.45, 2.75) is 64.5 Å². The summed E-state index contributed by atoms with van der Waals surface area (Å²) in [6, 6.07) is 0. The highest BCUT2D eigenvalue weighted by atomic mass is 127. The minimum absolute atomic E-state index is 0. The smallest absolute Gasteiger partial charge is 0.191 e. The molecule has 0 aliphatic carbocycles. The Bertz CT molecular complexity index is 608. The van der Waals surface area contributed by atoms with Crippen LogP contribution in [0.3, 0.4) is 0 Å². The van der Waals surface area contributed by atoms with Gasteiger partial charge in [-0.1, -0.05) is 12.8 Å². The van der Waals surface area contributed by atoms with E-state index in [1.54, 1.807) is 0 Å². The molecule has 0 amide bonds. The molecule has 2 aliphatic rings. The van der Waals surface area contributed by atoms with Gasteiger partial charge in [0.1, 0.15) is 12.4 Å². The monoisotopic (exact) mass is 519 g/mol. The van der Waals surface area contributed by atoms with Gasteiger partial charge < -0.3 is 24.8 Å². The third kappa shape index (κ3) is 8.37. The van der Waals surface area contributed by atoms with Gasteiger partial charge in [0.15, 0.2) is 11.8 Å². The van der Waals surface area contributed by atoms with Crippen LogP contribution in [0.1, 0.15) is 56.6 Å². The van der Waals surface area contributed by atoms with Crippen molar-refractivity contribution >= 4 is 29.9 Å². The van der Waals surface area contributed by atoms with Crippen LogP contribution in [0.15, 0.2) is 4.99 Å². The number of rotatable bonds is 8. The molecule has 2 fully saturated rings. The Kier molecular flexibility index (Phi) is 11.2. The molecule has 1 unspecified atom stereocenters. The maximum absolute atomic E-state index is 5.73. The van der Waals surface area contributed by atoms with Crippen LogP contribution in [0.2, 0.25) is 0 Å². The van der Waals surface area contributed by atoms with E-state index in [0.29, 0.717) is 12.6 Å². The van der Waals surface area contributed by atoms with E-state index in [-0.39, 0.29) is 24.0 Å². The predicted molar refractivity (Wildman–Crippen MR) is 127 cm³/mol. The van der Waals surface area contributed by atoms with Crippen LogP contribution >= 0.6 is 24.0 Å². The second-order valence-electron chi connectivity index (χ2n) is 7.94. The summed E-state index contributed by atoms with van der Waals surface area (Å²) in [5, 5.41) is 15.3. The lowest BCUT2D eigenvalue weighted by Gasteiger charge is -2.20. The molecule has 1 aromatic rings. The summed E-state index contributed by atoms with van der Waals surface area (Å²) < 4.78 is 7.71. The summed E-state index contributed by atoms with van der Waals surface area (Å²) in [6.45, 7) is 8.74. The van der Waals surface area contributed by atoms with Crippen molar-refractivity contribution in [1.82, 2.24) is 30.3 Å². The lowest BCUT2D eigenvalue weighted by molar-refractivity contribution is 0.114. The van der Waals surface area contributed by atoms with Crippen molar-refractivity contribution < 1.29 is 4.74 Å². The van der Waals surface area contributed by atoms with Gasteiger partial charge in [0, 0.05) is 26.7 Å². The predicted octanol–water partition coefficient (Wildman–Crippen LogP) is 2.22. The highest BCUT2D eigenvalue weighted by molar-refractivity contribution is 14.0. The second-order valence-corrected chi connectivity index (χ2v) is 7.94. The highest BCUT2D eigenvalue weighted by Crippen LogP contribution is 2.11. The lowest BCUT2D eigenvalue weighted by Crippen LogP contribution is -2.42. The summed E-state index contributed by atoms with van der Waals surface area (Å²) in [7, 11) is 1.98. The average Bonchev–Trinajstić information content (AvgIpc) is 3.24. The number of halogens is 1. The van der Waals surface area contributed by atoms with Crippen LogP contribution in [0.4, 0.5) is 0 Å². The van der Waals surface area contributed by atoms with E-state index < -0.39 is 0 Å². The minimum Gasteiger partial charge on any atom is -0.376 e. The van der Waals surface area contributed by atoms with Gasteiger partial charge in [0.2, 0.25) is 0 Å². The molecule has 0 bridgehead atoms. The molecule has 0 aromatic carbocycles. The van der Waals surface area contributed by atoms with Gasteiger partial charge in [0.25, 0.3) is 0 Å². The molecule has 1 aromatic heterocycles. The molecule has 2 aliphatic heterocycles. The summed E-state index contributed by atoms with van der Waals surface area (Å²) in [5.41, 5.74) is 0. The van der Waals surface area contributed by atoms with Crippen molar-refractivity contribution in [2.24, 2.45) is 12.0 Å². The van der Waals surface area contributed by atoms with Gasteiger partial charge in [0.05, 0.1) is 6.10 Å². The molecular weight excluding hydrogens is 481 g/mol. The van der Waals surface area contributed by atoms with Gasteiger partial charge in [-0.15, -0.1) is 34.2 Å². The van der Waals surface area contributed by atoms with Crippen LogP contribution in [0, 0.1) is 6.92 Å². The van der Waals surface area contributed by atoms with Crippen LogP contribution < -0.4 is 10.6 Å². The first-order valence-corrected chi connectivity index (χ1v) is 10.9. The zero-order valence-electron chi connectivity index (χ0n) is 18.0. The molecule has 3 rings (SSSR count). The molecular formula is C20H38IN7O. The molecule has 2 N–H and O–H groups in total. The molecule has 9 heteroatoms. The van der Waals surface area contributed by atoms with Crippen LogP contribution in [0.25, 0.3) is 0 Å². The summed E-state index contributed by atoms with van der Waals surface area (Å²) in [6.07, 6.45) is 9.17. The van der Waals surface area contributed by atoms with Gasteiger partial charge in [-0.2, -0.15) is 0 Å². The number of aryl methyl sites for hydroxylation is 1. The third-order valence-electron chi connectivity index (χ3n) is 5.72. The first-order valence-electron chi connectivity index (χ1n) is 10.9. The largest absolute Gasteiger partial charge is 0.376 e. The Hall–Kier alpha value is -0.940. The normalized spacial score (nSPS) is 20.9. The van der Waals surface area contributed by atoms with E-state index in [0.717, 1.165) is 63.1 Å². The summed E-state index contributed by atoms with van der Waals surface area (Å²) in [5.74, 6) is 2.62. The topological polar surface area (TPSA) is 79.6 Å². The van der Waals surface area contributed by atoms with Crippen molar-refractivity contribution in [2.75, 3.05) is 39.3 Å². The number of hydrogen-bond donors (Lipinski definition) is 2. The van der Waals surface area contributed by atoms with Gasteiger partial charge in [-0.25, -0.2) is 4.99 Å². The number of aliphatic imine (C=N–C) groups is 1. The Labute approximate surface area is 192 Å². The van der Waals surface area contributed by atoms with Crippen LogP contribution in [0.5, 0.6) is 0 Å². The van der Waals surface area contributed by atoms with Crippen molar-refractivity contribution in [1.29, 1.82) is 0 Å². The number of likely N-dealkylation sites (tertiary alicyclic amines) is 1. The maximum Gasteiger partial charge on any atom is 0.191 e.